The average molecular weight is 443 g/mol. The molecule has 0 saturated carbocycles. The number of nitrogens with zero attached hydrogens (tertiary/aromatic N) is 2. The Kier molecular flexibility index (Phi) is 4.13. The van der Waals surface area contributed by atoms with Gasteiger partial charge in [0, 0.05) is 23.9 Å². The summed E-state index contributed by atoms with van der Waals surface area (Å²) in [4.78, 5) is 7.62. The molecule has 0 amide bonds. The first kappa shape index (κ1) is 19.4. The predicted molar refractivity (Wildman–Crippen MR) is 135 cm³/mol. The first-order chi connectivity index (χ1) is 14.9. The number of hydrogen-bond acceptors (Lipinski definition) is 4. The third kappa shape index (κ3) is 2.55. The highest BCUT2D eigenvalue weighted by atomic mass is 32.2. The molecule has 1 aliphatic carbocycles. The van der Waals surface area contributed by atoms with Crippen LogP contribution >= 0.6 is 23.5 Å². The van der Waals surface area contributed by atoms with Gasteiger partial charge in [0.15, 0.2) is 0 Å². The Hall–Kier alpha value is -2.30. The molecular weight excluding hydrogens is 416 g/mol. The summed E-state index contributed by atoms with van der Waals surface area (Å²) < 4.78 is -0.0764. The molecular formula is C27H26N2S2. The van der Waals surface area contributed by atoms with Gasteiger partial charge in [0.2, 0.25) is 0 Å². The van der Waals surface area contributed by atoms with Crippen molar-refractivity contribution in [3.63, 3.8) is 0 Å². The second-order valence-electron chi connectivity index (χ2n) is 9.08. The molecule has 0 aromatic heterocycles. The maximum atomic E-state index is 2.47. The van der Waals surface area contributed by atoms with Gasteiger partial charge in [-0.1, -0.05) is 60.7 Å². The molecule has 2 nitrogen and oxygen atoms in total. The van der Waals surface area contributed by atoms with E-state index in [0.717, 1.165) is 6.67 Å². The van der Waals surface area contributed by atoms with Crippen LogP contribution in [-0.2, 0) is 0 Å². The maximum absolute atomic E-state index is 2.47. The Labute approximate surface area is 193 Å². The Morgan fingerprint density at radius 1 is 0.645 bits per heavy atom. The zero-order valence-electron chi connectivity index (χ0n) is 18.3. The fraction of sp³-hybridized carbons (Fsp3) is 0.259. The fourth-order valence-electron chi connectivity index (χ4n) is 5.42. The van der Waals surface area contributed by atoms with Crippen LogP contribution in [0.4, 0.5) is 0 Å². The number of thioether (sulfide) groups is 2. The lowest BCUT2D eigenvalue weighted by atomic mass is 9.75. The van der Waals surface area contributed by atoms with Crippen LogP contribution in [0.15, 0.2) is 95.4 Å². The molecule has 156 valence electrons. The molecule has 1 fully saturated rings. The normalized spacial score (nSPS) is 29.2. The topological polar surface area (TPSA) is 6.48 Å². The maximum Gasteiger partial charge on any atom is 0.0898 e. The molecule has 0 bridgehead atoms. The highest BCUT2D eigenvalue weighted by Gasteiger charge is 2.61. The Balaban J connectivity index is 1.57. The van der Waals surface area contributed by atoms with Crippen LogP contribution in [0.1, 0.15) is 25.0 Å². The number of benzene rings is 2. The number of rotatable bonds is 2. The van der Waals surface area contributed by atoms with Crippen molar-refractivity contribution in [2.45, 2.75) is 23.3 Å². The van der Waals surface area contributed by atoms with Crippen molar-refractivity contribution in [2.24, 2.45) is 0 Å². The number of hydrogen-bond donors (Lipinski definition) is 0. The van der Waals surface area contributed by atoms with E-state index in [1.807, 2.05) is 23.5 Å². The molecule has 2 atom stereocenters. The quantitative estimate of drug-likeness (QED) is 0.528. The van der Waals surface area contributed by atoms with Crippen molar-refractivity contribution in [3.05, 3.63) is 106 Å². The lowest BCUT2D eigenvalue weighted by Crippen LogP contribution is -2.48. The largest absolute Gasteiger partial charge is 0.355 e. The van der Waals surface area contributed by atoms with Gasteiger partial charge in [-0.3, -0.25) is 0 Å². The van der Waals surface area contributed by atoms with Crippen molar-refractivity contribution >= 4 is 33.3 Å². The molecule has 4 heteroatoms. The highest BCUT2D eigenvalue weighted by molar-refractivity contribution is 8.14. The van der Waals surface area contributed by atoms with E-state index in [9.17, 15) is 0 Å². The summed E-state index contributed by atoms with van der Waals surface area (Å²) in [5, 5.41) is 0. The Bertz CT molecular complexity index is 1110. The van der Waals surface area contributed by atoms with Gasteiger partial charge in [-0.15, -0.1) is 23.5 Å². The van der Waals surface area contributed by atoms with Crippen molar-refractivity contribution in [1.82, 2.24) is 9.80 Å². The van der Waals surface area contributed by atoms with Crippen molar-refractivity contribution in [3.8, 4) is 0 Å². The molecule has 4 aliphatic rings. The van der Waals surface area contributed by atoms with Crippen LogP contribution in [0.25, 0.3) is 9.81 Å². The van der Waals surface area contributed by atoms with Crippen LogP contribution in [0, 0.1) is 0 Å². The third-order valence-electron chi connectivity index (χ3n) is 7.16. The zero-order valence-corrected chi connectivity index (χ0v) is 20.0. The smallest absolute Gasteiger partial charge is 0.0898 e. The minimum atomic E-state index is -0.0382. The van der Waals surface area contributed by atoms with Gasteiger partial charge in [0.25, 0.3) is 0 Å². The molecule has 0 spiro atoms. The predicted octanol–water partition coefficient (Wildman–Crippen LogP) is 6.44. The molecule has 2 aromatic carbocycles. The lowest BCUT2D eigenvalue weighted by Gasteiger charge is -2.47. The minimum absolute atomic E-state index is 0.0382. The van der Waals surface area contributed by atoms with Gasteiger partial charge >= 0.3 is 0 Å². The summed E-state index contributed by atoms with van der Waals surface area (Å²) in [5.74, 6) is 0. The molecule has 2 aromatic rings. The van der Waals surface area contributed by atoms with Crippen LogP contribution in [0.3, 0.4) is 0 Å². The molecule has 0 radical (unpaired) electrons. The van der Waals surface area contributed by atoms with Gasteiger partial charge in [0.1, 0.15) is 0 Å². The zero-order chi connectivity index (χ0) is 21.4. The monoisotopic (exact) mass is 442 g/mol. The van der Waals surface area contributed by atoms with E-state index in [4.69, 9.17) is 0 Å². The first-order valence-corrected chi connectivity index (χ1v) is 12.4. The number of allylic oxidation sites excluding steroid dienone is 2. The van der Waals surface area contributed by atoms with Crippen molar-refractivity contribution in [1.29, 1.82) is 0 Å². The van der Waals surface area contributed by atoms with E-state index in [0.29, 0.717) is 0 Å². The fourth-order valence-corrected chi connectivity index (χ4v) is 8.55. The average Bonchev–Trinajstić information content (AvgIpc) is 3.41. The summed E-state index contributed by atoms with van der Waals surface area (Å²) in [6.07, 6.45) is 4.93. The molecule has 0 unspecified atom stereocenters. The second-order valence-corrected chi connectivity index (χ2v) is 12.0. The van der Waals surface area contributed by atoms with Crippen LogP contribution in [0.2, 0.25) is 0 Å². The second kappa shape index (κ2) is 6.60. The molecule has 3 heterocycles. The summed E-state index contributed by atoms with van der Waals surface area (Å²) in [6.45, 7) is 5.86. The van der Waals surface area contributed by atoms with Gasteiger partial charge in [0.05, 0.1) is 27.6 Å². The molecule has 6 rings (SSSR count). The number of fused-ring (bicyclic) bond motifs is 4. The van der Waals surface area contributed by atoms with Gasteiger partial charge in [-0.05, 0) is 48.3 Å². The van der Waals surface area contributed by atoms with Gasteiger partial charge < -0.3 is 9.80 Å². The van der Waals surface area contributed by atoms with Crippen molar-refractivity contribution in [2.75, 3.05) is 20.8 Å². The van der Waals surface area contributed by atoms with E-state index < -0.39 is 0 Å². The standard InChI is InChI=1S/C27H26N2S2/c1-26-20(15-22(30-26)18-11-7-5-8-12-18)24-25(29(4)17-28(24)3)21-16-23(31-27(21,26)2)19-13-9-6-10-14-19/h5-16H,17H2,1-4H3/t26-,27-/m0/s1. The summed E-state index contributed by atoms with van der Waals surface area (Å²) in [5.41, 5.74) is 8.39. The van der Waals surface area contributed by atoms with E-state index >= 15 is 0 Å². The molecule has 3 aliphatic heterocycles. The van der Waals surface area contributed by atoms with E-state index in [2.05, 4.69) is 111 Å². The minimum Gasteiger partial charge on any atom is -0.355 e. The van der Waals surface area contributed by atoms with Gasteiger partial charge in [-0.2, -0.15) is 0 Å². The van der Waals surface area contributed by atoms with Crippen LogP contribution < -0.4 is 0 Å². The summed E-state index contributed by atoms with van der Waals surface area (Å²) >= 11 is 4.09. The van der Waals surface area contributed by atoms with E-state index in [1.54, 1.807) is 0 Å². The van der Waals surface area contributed by atoms with E-state index in [1.165, 1.54) is 43.5 Å². The molecule has 0 N–H and O–H groups in total. The SMILES string of the molecule is CN1CN(C)C2=C3C=C(c4ccccc4)S[C@]3(C)[C@@]3(C)SC(c4ccccc4)=CC3=C21. The van der Waals surface area contributed by atoms with Crippen LogP contribution in [-0.4, -0.2) is 40.1 Å². The Morgan fingerprint density at radius 3 is 1.42 bits per heavy atom. The van der Waals surface area contributed by atoms with Crippen LogP contribution in [0.5, 0.6) is 0 Å². The first-order valence-electron chi connectivity index (χ1n) is 10.8. The number of likely N-dealkylation sites (N-methyl/N-ethyl adjacent to an activating group) is 2. The third-order valence-corrected chi connectivity index (χ3v) is 10.5. The summed E-state index contributed by atoms with van der Waals surface area (Å²) in [6, 6.07) is 21.7. The highest BCUT2D eigenvalue weighted by Crippen LogP contribution is 2.69. The molecule has 1 saturated heterocycles. The van der Waals surface area contributed by atoms with Gasteiger partial charge in [-0.25, -0.2) is 0 Å². The summed E-state index contributed by atoms with van der Waals surface area (Å²) in [7, 11) is 4.47. The lowest BCUT2D eigenvalue weighted by molar-refractivity contribution is 0.343. The Morgan fingerprint density at radius 2 is 1.03 bits per heavy atom. The van der Waals surface area contributed by atoms with E-state index in [-0.39, 0.29) is 9.49 Å². The molecule has 31 heavy (non-hydrogen) atoms. The van der Waals surface area contributed by atoms with Crippen molar-refractivity contribution < 1.29 is 0 Å².